The minimum Gasteiger partial charge on any atom is -0.497 e. The van der Waals surface area contributed by atoms with Crippen LogP contribution in [0.5, 0.6) is 5.75 Å². The predicted molar refractivity (Wildman–Crippen MR) is 150 cm³/mol. The highest BCUT2D eigenvalue weighted by molar-refractivity contribution is 9.10. The number of ether oxygens (including phenoxy) is 1. The van der Waals surface area contributed by atoms with E-state index in [9.17, 15) is 9.59 Å². The number of hydrogen-bond acceptors (Lipinski definition) is 3. The Bertz CT molecular complexity index is 1540. The van der Waals surface area contributed by atoms with Gasteiger partial charge >= 0.3 is 0 Å². The third-order valence-electron chi connectivity index (χ3n) is 6.72. The normalized spacial score (nSPS) is 14.9. The van der Waals surface area contributed by atoms with Crippen molar-refractivity contribution >= 4 is 39.1 Å². The molecule has 2 aromatic heterocycles. The molecule has 190 valence electrons. The van der Waals surface area contributed by atoms with Crippen molar-refractivity contribution in [3.8, 4) is 5.75 Å². The molecular formula is C29H27BrClN3O3. The van der Waals surface area contributed by atoms with E-state index in [0.29, 0.717) is 17.8 Å². The van der Waals surface area contributed by atoms with Crippen LogP contribution in [0, 0.1) is 6.92 Å². The van der Waals surface area contributed by atoms with E-state index in [1.165, 1.54) is 0 Å². The summed E-state index contributed by atoms with van der Waals surface area (Å²) in [7, 11) is 1.61. The van der Waals surface area contributed by atoms with Crippen LogP contribution in [-0.2, 0) is 6.54 Å². The van der Waals surface area contributed by atoms with Gasteiger partial charge in [-0.25, -0.2) is 0 Å². The number of rotatable bonds is 6. The molecule has 8 heteroatoms. The second kappa shape index (κ2) is 9.88. The van der Waals surface area contributed by atoms with Crippen LogP contribution in [0.4, 0.5) is 5.69 Å². The first-order valence-electron chi connectivity index (χ1n) is 12.0. The second-order valence-corrected chi connectivity index (χ2v) is 10.8. The number of nitrogens with zero attached hydrogens (tertiary/aromatic N) is 3. The molecule has 0 saturated heterocycles. The lowest BCUT2D eigenvalue weighted by molar-refractivity contribution is 0.0993. The summed E-state index contributed by atoms with van der Waals surface area (Å²) in [4.78, 5) is 28.6. The van der Waals surface area contributed by atoms with Crippen molar-refractivity contribution < 1.29 is 9.53 Å². The van der Waals surface area contributed by atoms with E-state index in [0.717, 1.165) is 32.7 Å². The molecule has 1 atom stereocenters. The average Bonchev–Trinajstić information content (AvgIpc) is 3.35. The second-order valence-electron chi connectivity index (χ2n) is 9.55. The molecule has 0 N–H and O–H groups in total. The summed E-state index contributed by atoms with van der Waals surface area (Å²) >= 11 is 10.1. The Morgan fingerprint density at radius 1 is 1.03 bits per heavy atom. The monoisotopic (exact) mass is 579 g/mol. The minimum atomic E-state index is -0.375. The van der Waals surface area contributed by atoms with Crippen LogP contribution in [0.1, 0.15) is 58.7 Å². The maximum absolute atomic E-state index is 13.9. The van der Waals surface area contributed by atoms with Gasteiger partial charge < -0.3 is 13.9 Å². The van der Waals surface area contributed by atoms with Crippen molar-refractivity contribution in [3.05, 3.63) is 115 Å². The molecule has 0 saturated carbocycles. The van der Waals surface area contributed by atoms with Crippen LogP contribution < -0.4 is 15.2 Å². The molecule has 1 amide bonds. The van der Waals surface area contributed by atoms with Gasteiger partial charge in [-0.2, -0.15) is 0 Å². The van der Waals surface area contributed by atoms with Crippen LogP contribution in [-0.4, -0.2) is 22.2 Å². The summed E-state index contributed by atoms with van der Waals surface area (Å²) in [5.41, 5.74) is 4.83. The zero-order chi connectivity index (χ0) is 26.4. The number of benzene rings is 2. The van der Waals surface area contributed by atoms with Crippen molar-refractivity contribution in [2.24, 2.45) is 0 Å². The number of fused-ring (bicyclic) bond motifs is 1. The SMILES string of the molecule is COc1ccc(Cn2cc(N3C(=O)c4cc(Br)n(C(C)C)c4C3c3ccc(C)cc3)cc(Cl)c2=O)cc1. The molecule has 0 aliphatic carbocycles. The molecule has 37 heavy (non-hydrogen) atoms. The Morgan fingerprint density at radius 2 is 1.70 bits per heavy atom. The summed E-state index contributed by atoms with van der Waals surface area (Å²) < 4.78 is 9.80. The van der Waals surface area contributed by atoms with E-state index in [-0.39, 0.29) is 28.6 Å². The van der Waals surface area contributed by atoms with E-state index >= 15 is 0 Å². The number of pyridine rings is 1. The number of halogens is 2. The molecule has 3 heterocycles. The molecule has 2 aromatic carbocycles. The minimum absolute atomic E-state index is 0.0611. The molecule has 0 radical (unpaired) electrons. The Balaban J connectivity index is 1.65. The number of aryl methyl sites for hydroxylation is 1. The van der Waals surface area contributed by atoms with Crippen LogP contribution in [0.25, 0.3) is 0 Å². The summed E-state index contributed by atoms with van der Waals surface area (Å²) in [6.45, 7) is 6.53. The maximum atomic E-state index is 13.9. The number of carbonyl (C=O) groups is 1. The van der Waals surface area contributed by atoms with Gasteiger partial charge in [-0.1, -0.05) is 53.6 Å². The zero-order valence-electron chi connectivity index (χ0n) is 21.0. The van der Waals surface area contributed by atoms with Crippen LogP contribution in [0.3, 0.4) is 0 Å². The van der Waals surface area contributed by atoms with Crippen molar-refractivity contribution in [2.45, 2.75) is 39.4 Å². The van der Waals surface area contributed by atoms with Crippen molar-refractivity contribution in [1.82, 2.24) is 9.13 Å². The zero-order valence-corrected chi connectivity index (χ0v) is 23.4. The van der Waals surface area contributed by atoms with Crippen molar-refractivity contribution in [1.29, 1.82) is 0 Å². The number of amides is 1. The molecule has 0 bridgehead atoms. The Hall–Kier alpha value is -3.29. The lowest BCUT2D eigenvalue weighted by atomic mass is 10.0. The van der Waals surface area contributed by atoms with E-state index in [2.05, 4.69) is 46.5 Å². The molecule has 5 rings (SSSR count). The molecular weight excluding hydrogens is 554 g/mol. The fraction of sp³-hybridized carbons (Fsp3) is 0.241. The molecule has 0 spiro atoms. The highest BCUT2D eigenvalue weighted by Gasteiger charge is 2.43. The largest absolute Gasteiger partial charge is 0.497 e. The van der Waals surface area contributed by atoms with Gasteiger partial charge in [-0.05, 0) is 72.1 Å². The van der Waals surface area contributed by atoms with E-state index < -0.39 is 0 Å². The first-order valence-corrected chi connectivity index (χ1v) is 13.2. The number of aromatic nitrogens is 2. The third kappa shape index (κ3) is 4.51. The lowest BCUT2D eigenvalue weighted by Crippen LogP contribution is -2.32. The van der Waals surface area contributed by atoms with Gasteiger partial charge in [0.25, 0.3) is 11.5 Å². The first-order chi connectivity index (χ1) is 17.7. The quantitative estimate of drug-likeness (QED) is 0.253. The number of hydrogen-bond donors (Lipinski definition) is 0. The highest BCUT2D eigenvalue weighted by Crippen LogP contribution is 2.45. The van der Waals surface area contributed by atoms with Crippen LogP contribution in [0.15, 0.2) is 76.3 Å². The van der Waals surface area contributed by atoms with E-state index in [1.54, 1.807) is 28.8 Å². The average molecular weight is 581 g/mol. The Kier molecular flexibility index (Phi) is 6.77. The first kappa shape index (κ1) is 25.4. The molecule has 6 nitrogen and oxygen atoms in total. The summed E-state index contributed by atoms with van der Waals surface area (Å²) in [5.74, 6) is 0.604. The molecule has 0 fully saturated rings. The van der Waals surface area contributed by atoms with Crippen LogP contribution >= 0.6 is 27.5 Å². The topological polar surface area (TPSA) is 56.5 Å². The van der Waals surface area contributed by atoms with Gasteiger partial charge in [-0.3, -0.25) is 14.5 Å². The number of carbonyl (C=O) groups excluding carboxylic acids is 1. The summed E-state index contributed by atoms with van der Waals surface area (Å²) in [6.07, 6.45) is 1.72. The summed E-state index contributed by atoms with van der Waals surface area (Å²) in [6, 6.07) is 18.9. The standard InChI is InChI=1S/C29H27BrClN3O3/c1-17(2)33-25(30)14-23-27(33)26(20-9-5-18(3)6-10-20)34(28(23)35)21-13-24(31)29(36)32(16-21)15-19-7-11-22(37-4)12-8-19/h5-14,16-17,26H,15H2,1-4H3. The summed E-state index contributed by atoms with van der Waals surface area (Å²) in [5, 5.41) is 0.0611. The smallest absolute Gasteiger partial charge is 0.269 e. The molecule has 1 unspecified atom stereocenters. The van der Waals surface area contributed by atoms with Gasteiger partial charge in [0.15, 0.2) is 0 Å². The van der Waals surface area contributed by atoms with Gasteiger partial charge in [0.1, 0.15) is 16.8 Å². The van der Waals surface area contributed by atoms with Crippen molar-refractivity contribution in [3.63, 3.8) is 0 Å². The number of anilines is 1. The van der Waals surface area contributed by atoms with Gasteiger partial charge in [0.05, 0.1) is 35.2 Å². The number of methoxy groups -OCH3 is 1. The molecule has 1 aliphatic heterocycles. The lowest BCUT2D eigenvalue weighted by Gasteiger charge is -2.29. The van der Waals surface area contributed by atoms with Crippen LogP contribution in [0.2, 0.25) is 5.02 Å². The molecule has 4 aromatic rings. The third-order valence-corrected chi connectivity index (χ3v) is 7.60. The fourth-order valence-electron chi connectivity index (χ4n) is 4.94. The van der Waals surface area contributed by atoms with Gasteiger partial charge in [0.2, 0.25) is 0 Å². The van der Waals surface area contributed by atoms with Gasteiger partial charge in [-0.15, -0.1) is 0 Å². The fourth-order valence-corrected chi connectivity index (χ4v) is 5.98. The Labute approximate surface area is 229 Å². The Morgan fingerprint density at radius 3 is 2.32 bits per heavy atom. The van der Waals surface area contributed by atoms with Crippen molar-refractivity contribution in [2.75, 3.05) is 12.0 Å². The predicted octanol–water partition coefficient (Wildman–Crippen LogP) is 6.76. The highest BCUT2D eigenvalue weighted by atomic mass is 79.9. The van der Waals surface area contributed by atoms with Gasteiger partial charge in [0, 0.05) is 12.2 Å². The van der Waals surface area contributed by atoms with E-state index in [1.807, 2.05) is 49.4 Å². The molecule has 1 aliphatic rings. The van der Waals surface area contributed by atoms with E-state index in [4.69, 9.17) is 16.3 Å². The maximum Gasteiger partial charge on any atom is 0.269 e.